The number of aryl methyl sites for hydroxylation is 1. The number of nitro groups is 1. The number of alkyl halides is 3. The molecule has 3 aromatic carbocycles. The van der Waals surface area contributed by atoms with Crippen molar-refractivity contribution in [1.82, 2.24) is 5.32 Å². The van der Waals surface area contributed by atoms with Crippen molar-refractivity contribution in [1.29, 1.82) is 0 Å². The van der Waals surface area contributed by atoms with Crippen LogP contribution in [0.3, 0.4) is 0 Å². The van der Waals surface area contributed by atoms with Crippen molar-refractivity contribution in [3.8, 4) is 11.5 Å². The number of anilines is 1. The van der Waals surface area contributed by atoms with Gasteiger partial charge < -0.3 is 4.74 Å². The summed E-state index contributed by atoms with van der Waals surface area (Å²) in [7, 11) is 0. The second-order valence-electron chi connectivity index (χ2n) is 8.00. The third-order valence-corrected chi connectivity index (χ3v) is 5.80. The minimum absolute atomic E-state index is 0.0240. The highest BCUT2D eigenvalue weighted by Crippen LogP contribution is 2.38. The molecule has 1 heterocycles. The lowest BCUT2D eigenvalue weighted by molar-refractivity contribution is -0.385. The number of amides is 4. The lowest BCUT2D eigenvalue weighted by atomic mass is 10.1. The number of barbiturate groups is 1. The summed E-state index contributed by atoms with van der Waals surface area (Å²) >= 11 is 6.11. The fourth-order valence-corrected chi connectivity index (χ4v) is 3.67. The van der Waals surface area contributed by atoms with Gasteiger partial charge in [0.05, 0.1) is 16.2 Å². The Balaban J connectivity index is 1.66. The summed E-state index contributed by atoms with van der Waals surface area (Å²) in [6.07, 6.45) is -3.62. The molecule has 194 valence electrons. The van der Waals surface area contributed by atoms with Crippen LogP contribution in [0, 0.1) is 17.0 Å². The molecule has 1 fully saturated rings. The van der Waals surface area contributed by atoms with E-state index >= 15 is 0 Å². The number of nitrogens with one attached hydrogen (secondary N) is 1. The molecular formula is C25H15ClF3N3O6. The molecule has 38 heavy (non-hydrogen) atoms. The molecule has 0 aliphatic carbocycles. The maximum Gasteiger partial charge on any atom is 0.416 e. The van der Waals surface area contributed by atoms with Crippen LogP contribution in [0.4, 0.5) is 29.3 Å². The van der Waals surface area contributed by atoms with Crippen LogP contribution in [0.25, 0.3) is 6.08 Å². The summed E-state index contributed by atoms with van der Waals surface area (Å²) < 4.78 is 44.3. The molecule has 13 heteroatoms. The molecule has 4 amide bonds. The van der Waals surface area contributed by atoms with E-state index in [1.807, 2.05) is 0 Å². The highest BCUT2D eigenvalue weighted by Gasteiger charge is 2.37. The molecule has 0 atom stereocenters. The Bertz CT molecular complexity index is 1540. The number of carbonyl (C=O) groups is 3. The Kier molecular flexibility index (Phi) is 6.92. The molecule has 1 saturated heterocycles. The zero-order valence-corrected chi connectivity index (χ0v) is 20.0. The molecule has 1 aliphatic rings. The largest absolute Gasteiger partial charge is 0.450 e. The SMILES string of the molecule is Cc1ccc(N2C(=O)NC(=O)/C(=C/c3cccc(Oc4ccc(C(F)(F)F)cc4[N+](=O)[O-])c3)C2=O)cc1Cl. The van der Waals surface area contributed by atoms with Gasteiger partial charge in [-0.2, -0.15) is 13.2 Å². The van der Waals surface area contributed by atoms with Crippen molar-refractivity contribution in [2.75, 3.05) is 4.90 Å². The van der Waals surface area contributed by atoms with Gasteiger partial charge in [0, 0.05) is 11.1 Å². The van der Waals surface area contributed by atoms with Crippen LogP contribution in [0.2, 0.25) is 5.02 Å². The van der Waals surface area contributed by atoms with E-state index in [0.717, 1.165) is 11.0 Å². The first-order valence-corrected chi connectivity index (χ1v) is 11.0. The number of rotatable bonds is 5. The van der Waals surface area contributed by atoms with E-state index in [1.54, 1.807) is 13.0 Å². The van der Waals surface area contributed by atoms with Crippen molar-refractivity contribution in [3.63, 3.8) is 0 Å². The predicted molar refractivity (Wildman–Crippen MR) is 130 cm³/mol. The lowest BCUT2D eigenvalue weighted by Gasteiger charge is -2.26. The number of nitrogens with zero attached hydrogens (tertiary/aromatic N) is 2. The van der Waals surface area contributed by atoms with Gasteiger partial charge in [-0.3, -0.25) is 25.0 Å². The summed E-state index contributed by atoms with van der Waals surface area (Å²) in [5.41, 5.74) is -1.46. The Hall–Kier alpha value is -4.71. The topological polar surface area (TPSA) is 119 Å². The zero-order valence-electron chi connectivity index (χ0n) is 19.2. The first-order chi connectivity index (χ1) is 17.8. The smallest absolute Gasteiger partial charge is 0.416 e. The minimum atomic E-state index is -4.79. The van der Waals surface area contributed by atoms with Gasteiger partial charge in [0.25, 0.3) is 11.8 Å². The molecule has 0 unspecified atom stereocenters. The van der Waals surface area contributed by atoms with Crippen LogP contribution in [-0.4, -0.2) is 22.8 Å². The van der Waals surface area contributed by atoms with E-state index in [4.69, 9.17) is 16.3 Å². The Morgan fingerprint density at radius 1 is 1.05 bits per heavy atom. The van der Waals surface area contributed by atoms with E-state index in [1.165, 1.54) is 42.5 Å². The Labute approximate surface area is 217 Å². The fourth-order valence-electron chi connectivity index (χ4n) is 3.50. The van der Waals surface area contributed by atoms with E-state index in [2.05, 4.69) is 5.32 Å². The number of imide groups is 2. The van der Waals surface area contributed by atoms with Gasteiger partial charge in [-0.15, -0.1) is 0 Å². The zero-order chi connectivity index (χ0) is 27.8. The van der Waals surface area contributed by atoms with Crippen LogP contribution in [-0.2, 0) is 15.8 Å². The fraction of sp³-hybridized carbons (Fsp3) is 0.0800. The number of carbonyl (C=O) groups excluding carboxylic acids is 3. The van der Waals surface area contributed by atoms with E-state index < -0.39 is 51.5 Å². The van der Waals surface area contributed by atoms with E-state index in [9.17, 15) is 37.7 Å². The second-order valence-corrected chi connectivity index (χ2v) is 8.41. The standard InChI is InChI=1S/C25H15ClF3N3O6/c1-13-5-7-16(12-19(13)26)31-23(34)18(22(33)30-24(31)35)10-14-3-2-4-17(9-14)38-21-8-6-15(25(27,28)29)11-20(21)32(36)37/h2-12H,1H3,(H,30,33,35)/b18-10-. The van der Waals surface area contributed by atoms with E-state index in [0.29, 0.717) is 22.7 Å². The van der Waals surface area contributed by atoms with Crippen LogP contribution >= 0.6 is 11.6 Å². The molecule has 3 aromatic rings. The maximum atomic E-state index is 13.1. The number of benzene rings is 3. The van der Waals surface area contributed by atoms with Gasteiger partial charge in [0.2, 0.25) is 5.75 Å². The Morgan fingerprint density at radius 2 is 1.79 bits per heavy atom. The first kappa shape index (κ1) is 26.4. The number of hydrogen-bond donors (Lipinski definition) is 1. The molecule has 0 bridgehead atoms. The average Bonchev–Trinajstić information content (AvgIpc) is 2.83. The molecule has 0 radical (unpaired) electrons. The minimum Gasteiger partial charge on any atom is -0.450 e. The molecule has 1 aliphatic heterocycles. The molecule has 4 rings (SSSR count). The third kappa shape index (κ3) is 5.34. The first-order valence-electron chi connectivity index (χ1n) is 10.7. The van der Waals surface area contributed by atoms with Gasteiger partial charge in [-0.25, -0.2) is 9.69 Å². The van der Waals surface area contributed by atoms with Gasteiger partial charge >= 0.3 is 17.9 Å². The Morgan fingerprint density at radius 3 is 2.45 bits per heavy atom. The molecular weight excluding hydrogens is 531 g/mol. The average molecular weight is 546 g/mol. The lowest BCUT2D eigenvalue weighted by Crippen LogP contribution is -2.54. The van der Waals surface area contributed by atoms with Gasteiger partial charge in [0.1, 0.15) is 11.3 Å². The van der Waals surface area contributed by atoms with E-state index in [-0.39, 0.29) is 17.0 Å². The van der Waals surface area contributed by atoms with Gasteiger partial charge in [-0.05, 0) is 60.5 Å². The van der Waals surface area contributed by atoms with Crippen molar-refractivity contribution in [2.24, 2.45) is 0 Å². The van der Waals surface area contributed by atoms with Gasteiger partial charge in [-0.1, -0.05) is 29.8 Å². The quantitative estimate of drug-likeness (QED) is 0.181. The monoisotopic (exact) mass is 545 g/mol. The molecule has 0 saturated carbocycles. The third-order valence-electron chi connectivity index (χ3n) is 5.40. The normalized spacial score (nSPS) is 15.0. The number of halogens is 4. The summed E-state index contributed by atoms with van der Waals surface area (Å²) in [5, 5.41) is 13.7. The summed E-state index contributed by atoms with van der Waals surface area (Å²) in [4.78, 5) is 49.0. The molecule has 1 N–H and O–H groups in total. The molecule has 9 nitrogen and oxygen atoms in total. The van der Waals surface area contributed by atoms with Crippen molar-refractivity contribution in [2.45, 2.75) is 13.1 Å². The van der Waals surface area contributed by atoms with Crippen molar-refractivity contribution < 1.29 is 37.2 Å². The van der Waals surface area contributed by atoms with Crippen LogP contribution in [0.15, 0.2) is 66.2 Å². The number of hydrogen-bond acceptors (Lipinski definition) is 6. The van der Waals surface area contributed by atoms with Crippen molar-refractivity contribution >= 4 is 46.9 Å². The van der Waals surface area contributed by atoms with Crippen LogP contribution < -0.4 is 15.0 Å². The maximum absolute atomic E-state index is 13.1. The number of urea groups is 1. The highest BCUT2D eigenvalue weighted by molar-refractivity contribution is 6.39. The second kappa shape index (κ2) is 9.98. The summed E-state index contributed by atoms with van der Waals surface area (Å²) in [6, 6.07) is 10.9. The van der Waals surface area contributed by atoms with Crippen LogP contribution in [0.1, 0.15) is 16.7 Å². The summed E-state index contributed by atoms with van der Waals surface area (Å²) in [5.74, 6) is -2.36. The summed E-state index contributed by atoms with van der Waals surface area (Å²) in [6.45, 7) is 1.73. The highest BCUT2D eigenvalue weighted by atomic mass is 35.5. The molecule has 0 aromatic heterocycles. The predicted octanol–water partition coefficient (Wildman–Crippen LogP) is 6.03. The number of ether oxygens (including phenoxy) is 1. The molecule has 0 spiro atoms. The number of nitro benzene ring substituents is 1. The van der Waals surface area contributed by atoms with Crippen molar-refractivity contribution in [3.05, 3.63) is 98.1 Å². The van der Waals surface area contributed by atoms with Gasteiger partial charge in [0.15, 0.2) is 0 Å². The van der Waals surface area contributed by atoms with Crippen LogP contribution in [0.5, 0.6) is 11.5 Å².